The minimum atomic E-state index is -0.474. The molecular formula is C21H20ClNO4. The number of carbonyl (C=O) groups is 2. The molecule has 3 rings (SSSR count). The number of nitrogens with one attached hydrogen (secondary N) is 1. The van der Waals surface area contributed by atoms with Crippen LogP contribution >= 0.6 is 11.6 Å². The Kier molecular flexibility index (Phi) is 5.81. The number of esters is 1. The number of aryl methyl sites for hydroxylation is 2. The fraction of sp³-hybridized carbons (Fsp3) is 0.238. The van der Waals surface area contributed by atoms with E-state index in [1.807, 2.05) is 38.1 Å². The van der Waals surface area contributed by atoms with E-state index in [-0.39, 0.29) is 18.9 Å². The molecule has 0 aliphatic heterocycles. The minimum absolute atomic E-state index is 0.0555. The molecule has 0 aliphatic carbocycles. The van der Waals surface area contributed by atoms with Gasteiger partial charge in [0.15, 0.2) is 6.61 Å². The van der Waals surface area contributed by atoms with Crippen LogP contribution in [-0.4, -0.2) is 18.5 Å². The topological polar surface area (TPSA) is 68.5 Å². The van der Waals surface area contributed by atoms with Crippen LogP contribution < -0.4 is 5.32 Å². The van der Waals surface area contributed by atoms with Crippen LogP contribution in [0, 0.1) is 13.8 Å². The zero-order chi connectivity index (χ0) is 19.4. The second-order valence-corrected chi connectivity index (χ2v) is 6.87. The second-order valence-electron chi connectivity index (χ2n) is 6.43. The molecule has 0 bridgehead atoms. The molecule has 0 radical (unpaired) electrons. The molecule has 1 heterocycles. The smallest absolute Gasteiger partial charge is 0.310 e. The fourth-order valence-electron chi connectivity index (χ4n) is 2.68. The molecule has 1 N–H and O–H groups in total. The van der Waals surface area contributed by atoms with E-state index in [4.69, 9.17) is 20.8 Å². The van der Waals surface area contributed by atoms with Gasteiger partial charge < -0.3 is 14.5 Å². The summed E-state index contributed by atoms with van der Waals surface area (Å²) in [5.41, 5.74) is 4.65. The molecule has 140 valence electrons. The van der Waals surface area contributed by atoms with Crippen LogP contribution in [0.3, 0.4) is 0 Å². The van der Waals surface area contributed by atoms with Gasteiger partial charge in [0.2, 0.25) is 0 Å². The number of hydrogen-bond acceptors (Lipinski definition) is 4. The number of fused-ring (bicyclic) bond motifs is 1. The Hall–Kier alpha value is -2.79. The van der Waals surface area contributed by atoms with Gasteiger partial charge in [-0.2, -0.15) is 0 Å². The van der Waals surface area contributed by atoms with Gasteiger partial charge in [-0.05, 0) is 54.8 Å². The Morgan fingerprint density at radius 2 is 1.81 bits per heavy atom. The van der Waals surface area contributed by atoms with E-state index in [1.165, 1.54) is 0 Å². The van der Waals surface area contributed by atoms with Crippen molar-refractivity contribution in [2.75, 3.05) is 6.61 Å². The first-order valence-corrected chi connectivity index (χ1v) is 8.94. The third kappa shape index (κ3) is 4.89. The van der Waals surface area contributed by atoms with Gasteiger partial charge in [0.1, 0.15) is 5.58 Å². The van der Waals surface area contributed by atoms with Gasteiger partial charge >= 0.3 is 5.97 Å². The van der Waals surface area contributed by atoms with Crippen molar-refractivity contribution in [2.45, 2.75) is 26.8 Å². The molecular weight excluding hydrogens is 366 g/mol. The SMILES string of the molecule is Cc1cc2occ(CC(=O)OCC(=O)NCc3ccc(Cl)cc3)c2cc1C. The zero-order valence-corrected chi connectivity index (χ0v) is 15.9. The zero-order valence-electron chi connectivity index (χ0n) is 15.2. The molecule has 1 amide bonds. The lowest BCUT2D eigenvalue weighted by Gasteiger charge is -2.07. The van der Waals surface area contributed by atoms with E-state index in [2.05, 4.69) is 5.32 Å². The highest BCUT2D eigenvalue weighted by Crippen LogP contribution is 2.25. The van der Waals surface area contributed by atoms with Gasteiger partial charge in [-0.15, -0.1) is 0 Å². The Bertz CT molecular complexity index is 976. The van der Waals surface area contributed by atoms with Crippen molar-refractivity contribution in [2.24, 2.45) is 0 Å². The summed E-state index contributed by atoms with van der Waals surface area (Å²) in [5.74, 6) is -0.834. The van der Waals surface area contributed by atoms with Crippen molar-refractivity contribution in [3.05, 3.63) is 69.9 Å². The summed E-state index contributed by atoms with van der Waals surface area (Å²) in [6, 6.07) is 11.1. The van der Waals surface area contributed by atoms with Crippen LogP contribution in [0.5, 0.6) is 0 Å². The van der Waals surface area contributed by atoms with E-state index >= 15 is 0 Å². The maximum absolute atomic E-state index is 12.1. The highest BCUT2D eigenvalue weighted by Gasteiger charge is 2.14. The average molecular weight is 386 g/mol. The molecule has 6 heteroatoms. The van der Waals surface area contributed by atoms with Gasteiger partial charge in [-0.1, -0.05) is 23.7 Å². The predicted octanol–water partition coefficient (Wildman–Crippen LogP) is 4.11. The number of benzene rings is 2. The molecule has 2 aromatic carbocycles. The second kappa shape index (κ2) is 8.27. The maximum atomic E-state index is 12.1. The van der Waals surface area contributed by atoms with E-state index in [0.717, 1.165) is 33.2 Å². The number of halogens is 1. The van der Waals surface area contributed by atoms with Gasteiger partial charge in [0, 0.05) is 22.5 Å². The van der Waals surface area contributed by atoms with Crippen LogP contribution in [0.15, 0.2) is 47.1 Å². The van der Waals surface area contributed by atoms with E-state index < -0.39 is 5.97 Å². The van der Waals surface area contributed by atoms with Gasteiger partial charge in [0.25, 0.3) is 5.91 Å². The highest BCUT2D eigenvalue weighted by molar-refractivity contribution is 6.30. The van der Waals surface area contributed by atoms with Crippen molar-refractivity contribution in [1.82, 2.24) is 5.32 Å². The van der Waals surface area contributed by atoms with Crippen LogP contribution in [0.4, 0.5) is 0 Å². The first-order valence-electron chi connectivity index (χ1n) is 8.56. The largest absolute Gasteiger partial charge is 0.464 e. The average Bonchev–Trinajstić information content (AvgIpc) is 3.01. The summed E-state index contributed by atoms with van der Waals surface area (Å²) >= 11 is 5.82. The van der Waals surface area contributed by atoms with Crippen molar-refractivity contribution >= 4 is 34.4 Å². The third-order valence-corrected chi connectivity index (χ3v) is 4.62. The molecule has 27 heavy (non-hydrogen) atoms. The van der Waals surface area contributed by atoms with E-state index in [0.29, 0.717) is 11.6 Å². The van der Waals surface area contributed by atoms with Crippen LogP contribution in [-0.2, 0) is 27.3 Å². The molecule has 1 aromatic heterocycles. The molecule has 0 spiro atoms. The van der Waals surface area contributed by atoms with Gasteiger partial charge in [-0.3, -0.25) is 9.59 Å². The summed E-state index contributed by atoms with van der Waals surface area (Å²) in [7, 11) is 0. The number of rotatable bonds is 6. The Balaban J connectivity index is 1.50. The Morgan fingerprint density at radius 1 is 1.11 bits per heavy atom. The van der Waals surface area contributed by atoms with Crippen molar-refractivity contribution < 1.29 is 18.7 Å². The molecule has 0 fully saturated rings. The van der Waals surface area contributed by atoms with Crippen LogP contribution in [0.1, 0.15) is 22.3 Å². The minimum Gasteiger partial charge on any atom is -0.464 e. The number of furan rings is 1. The van der Waals surface area contributed by atoms with Crippen LogP contribution in [0.25, 0.3) is 11.0 Å². The van der Waals surface area contributed by atoms with Crippen molar-refractivity contribution in [3.8, 4) is 0 Å². The van der Waals surface area contributed by atoms with Crippen LogP contribution in [0.2, 0.25) is 5.02 Å². The summed E-state index contributed by atoms with van der Waals surface area (Å²) in [4.78, 5) is 23.9. The maximum Gasteiger partial charge on any atom is 0.310 e. The van der Waals surface area contributed by atoms with Gasteiger partial charge in [0.05, 0.1) is 12.7 Å². The number of carbonyl (C=O) groups excluding carboxylic acids is 2. The lowest BCUT2D eigenvalue weighted by atomic mass is 10.0. The molecule has 0 saturated carbocycles. The normalized spacial score (nSPS) is 10.8. The van der Waals surface area contributed by atoms with Crippen molar-refractivity contribution in [3.63, 3.8) is 0 Å². The molecule has 0 saturated heterocycles. The summed E-state index contributed by atoms with van der Waals surface area (Å²) in [6.45, 7) is 4.04. The molecule has 3 aromatic rings. The number of amides is 1. The lowest BCUT2D eigenvalue weighted by molar-refractivity contribution is -0.147. The number of ether oxygens (including phenoxy) is 1. The quantitative estimate of drug-likeness (QED) is 0.648. The Labute approximate surface area is 162 Å². The third-order valence-electron chi connectivity index (χ3n) is 4.37. The first-order chi connectivity index (χ1) is 12.9. The van der Waals surface area contributed by atoms with Crippen molar-refractivity contribution in [1.29, 1.82) is 0 Å². The summed E-state index contributed by atoms with van der Waals surface area (Å²) < 4.78 is 10.6. The molecule has 5 nitrogen and oxygen atoms in total. The van der Waals surface area contributed by atoms with E-state index in [9.17, 15) is 9.59 Å². The molecule has 0 aliphatic rings. The predicted molar refractivity (Wildman–Crippen MR) is 104 cm³/mol. The van der Waals surface area contributed by atoms with E-state index in [1.54, 1.807) is 18.4 Å². The highest BCUT2D eigenvalue weighted by atomic mass is 35.5. The monoisotopic (exact) mass is 385 g/mol. The summed E-state index contributed by atoms with van der Waals surface area (Å²) in [6.07, 6.45) is 1.62. The lowest BCUT2D eigenvalue weighted by Crippen LogP contribution is -2.28. The fourth-order valence-corrected chi connectivity index (χ4v) is 2.81. The molecule has 0 atom stereocenters. The number of hydrogen-bond donors (Lipinski definition) is 1. The standard InChI is InChI=1S/C21H20ClNO4/c1-13-7-18-16(11-26-19(18)8-14(13)2)9-21(25)27-12-20(24)23-10-15-3-5-17(22)6-4-15/h3-8,11H,9-10,12H2,1-2H3,(H,23,24). The Morgan fingerprint density at radius 3 is 2.56 bits per heavy atom. The van der Waals surface area contributed by atoms with Gasteiger partial charge in [-0.25, -0.2) is 0 Å². The summed E-state index contributed by atoms with van der Waals surface area (Å²) in [5, 5.41) is 4.22. The molecule has 0 unspecified atom stereocenters. The first kappa shape index (κ1) is 19.0.